The number of nitrogens with one attached hydrogen (secondary N) is 1. The normalized spacial score (nSPS) is 12.6. The van der Waals surface area contributed by atoms with Crippen molar-refractivity contribution < 1.29 is 0 Å². The first-order chi connectivity index (χ1) is 5.63. The smallest absolute Gasteiger partial charge is 0.0825 e. The Morgan fingerprint density at radius 1 is 1.75 bits per heavy atom. The highest BCUT2D eigenvalue weighted by molar-refractivity contribution is 5.46. The number of rotatable bonds is 3. The Hall–Kier alpha value is -1.25. The molecule has 0 saturated carbocycles. The molecule has 0 amide bonds. The first kappa shape index (κ1) is 8.84. The number of anilines is 1. The van der Waals surface area contributed by atoms with E-state index in [-0.39, 0.29) is 6.04 Å². The summed E-state index contributed by atoms with van der Waals surface area (Å²) in [6, 6.07) is 0.285. The molecule has 3 nitrogen and oxygen atoms in total. The van der Waals surface area contributed by atoms with Gasteiger partial charge in [0.1, 0.15) is 0 Å². The van der Waals surface area contributed by atoms with Crippen LogP contribution in [0.2, 0.25) is 0 Å². The number of hydrogen-bond acceptors (Lipinski definition) is 2. The molecule has 0 aromatic carbocycles. The van der Waals surface area contributed by atoms with Gasteiger partial charge in [-0.2, -0.15) is 5.10 Å². The Morgan fingerprint density at radius 2 is 2.42 bits per heavy atom. The topological polar surface area (TPSA) is 29.9 Å². The van der Waals surface area contributed by atoms with Crippen LogP contribution >= 0.6 is 0 Å². The molecule has 66 valence electrons. The van der Waals surface area contributed by atoms with E-state index in [2.05, 4.69) is 23.9 Å². The van der Waals surface area contributed by atoms with Crippen molar-refractivity contribution in [1.29, 1.82) is 0 Å². The van der Waals surface area contributed by atoms with E-state index in [9.17, 15) is 0 Å². The van der Waals surface area contributed by atoms with Gasteiger partial charge in [0.2, 0.25) is 0 Å². The van der Waals surface area contributed by atoms with Crippen LogP contribution in [-0.4, -0.2) is 15.8 Å². The van der Waals surface area contributed by atoms with Crippen molar-refractivity contribution in [3.63, 3.8) is 0 Å². The highest BCUT2D eigenvalue weighted by Gasteiger charge is 2.03. The summed E-state index contributed by atoms with van der Waals surface area (Å²) < 4.78 is 1.80. The lowest BCUT2D eigenvalue weighted by Crippen LogP contribution is -2.11. The van der Waals surface area contributed by atoms with Crippen LogP contribution in [0.15, 0.2) is 18.9 Å². The van der Waals surface area contributed by atoms with Gasteiger partial charge < -0.3 is 5.32 Å². The fourth-order valence-electron chi connectivity index (χ4n) is 1.05. The van der Waals surface area contributed by atoms with E-state index in [0.29, 0.717) is 0 Å². The zero-order valence-corrected chi connectivity index (χ0v) is 7.83. The Bertz CT molecular complexity index is 275. The maximum atomic E-state index is 4.22. The summed E-state index contributed by atoms with van der Waals surface area (Å²) in [4.78, 5) is 0. The maximum absolute atomic E-state index is 4.22. The molecule has 0 spiro atoms. The molecule has 0 fully saturated rings. The number of aromatic nitrogens is 2. The second kappa shape index (κ2) is 3.43. The molecule has 3 heteroatoms. The van der Waals surface area contributed by atoms with Gasteiger partial charge >= 0.3 is 0 Å². The van der Waals surface area contributed by atoms with Crippen LogP contribution in [0.1, 0.15) is 12.6 Å². The molecule has 1 unspecified atom stereocenters. The van der Waals surface area contributed by atoms with Gasteiger partial charge in [-0.15, -0.1) is 6.58 Å². The van der Waals surface area contributed by atoms with Crippen LogP contribution in [-0.2, 0) is 7.05 Å². The van der Waals surface area contributed by atoms with Crippen molar-refractivity contribution >= 4 is 5.69 Å². The molecule has 1 heterocycles. The van der Waals surface area contributed by atoms with Crippen LogP contribution in [0.5, 0.6) is 0 Å². The minimum absolute atomic E-state index is 0.285. The highest BCUT2D eigenvalue weighted by Crippen LogP contribution is 2.12. The lowest BCUT2D eigenvalue weighted by Gasteiger charge is -2.08. The third-order valence-corrected chi connectivity index (χ3v) is 1.75. The first-order valence-electron chi connectivity index (χ1n) is 4.03. The Labute approximate surface area is 73.1 Å². The van der Waals surface area contributed by atoms with Gasteiger partial charge in [-0.1, -0.05) is 6.08 Å². The molecule has 1 aromatic rings. The highest BCUT2D eigenvalue weighted by atomic mass is 15.3. The van der Waals surface area contributed by atoms with Crippen molar-refractivity contribution in [2.24, 2.45) is 7.05 Å². The Kier molecular flexibility index (Phi) is 2.53. The van der Waals surface area contributed by atoms with E-state index in [0.717, 1.165) is 11.4 Å². The van der Waals surface area contributed by atoms with Gasteiger partial charge in [-0.05, 0) is 13.8 Å². The number of aryl methyl sites for hydroxylation is 2. The van der Waals surface area contributed by atoms with Crippen molar-refractivity contribution in [3.05, 3.63) is 24.5 Å². The van der Waals surface area contributed by atoms with Crippen LogP contribution < -0.4 is 5.32 Å². The quantitative estimate of drug-likeness (QED) is 0.691. The summed E-state index contributed by atoms with van der Waals surface area (Å²) in [5, 5.41) is 7.50. The summed E-state index contributed by atoms with van der Waals surface area (Å²) in [5.41, 5.74) is 2.09. The monoisotopic (exact) mass is 165 g/mol. The molecule has 0 bridgehead atoms. The van der Waals surface area contributed by atoms with Crippen LogP contribution in [0.3, 0.4) is 0 Å². The molecule has 1 rings (SSSR count). The van der Waals surface area contributed by atoms with Gasteiger partial charge in [0, 0.05) is 19.3 Å². The zero-order valence-electron chi connectivity index (χ0n) is 7.83. The second-order valence-electron chi connectivity index (χ2n) is 2.97. The summed E-state index contributed by atoms with van der Waals surface area (Å²) in [6.45, 7) is 7.74. The Morgan fingerprint density at radius 3 is 2.83 bits per heavy atom. The van der Waals surface area contributed by atoms with E-state index in [1.807, 2.05) is 26.2 Å². The second-order valence-corrected chi connectivity index (χ2v) is 2.97. The SMILES string of the molecule is C=CC(C)Nc1cn(C)nc1C. The molecule has 0 radical (unpaired) electrons. The minimum Gasteiger partial charge on any atom is -0.376 e. The van der Waals surface area contributed by atoms with E-state index in [4.69, 9.17) is 0 Å². The molecule has 1 atom stereocenters. The van der Waals surface area contributed by atoms with Gasteiger partial charge in [0.05, 0.1) is 11.4 Å². The predicted molar refractivity (Wildman–Crippen MR) is 51.2 cm³/mol. The van der Waals surface area contributed by atoms with E-state index < -0.39 is 0 Å². The molecule has 1 N–H and O–H groups in total. The average Bonchev–Trinajstić information content (AvgIpc) is 2.30. The van der Waals surface area contributed by atoms with Crippen molar-refractivity contribution in [2.45, 2.75) is 19.9 Å². The van der Waals surface area contributed by atoms with Gasteiger partial charge in [0.25, 0.3) is 0 Å². The fourth-order valence-corrected chi connectivity index (χ4v) is 1.05. The predicted octanol–water partition coefficient (Wildman–Crippen LogP) is 1.71. The summed E-state index contributed by atoms with van der Waals surface area (Å²) >= 11 is 0. The lowest BCUT2D eigenvalue weighted by atomic mass is 10.3. The molecular formula is C9H15N3. The third-order valence-electron chi connectivity index (χ3n) is 1.75. The number of hydrogen-bond donors (Lipinski definition) is 1. The van der Waals surface area contributed by atoms with Crippen molar-refractivity contribution in [3.8, 4) is 0 Å². The molecule has 0 aliphatic heterocycles. The average molecular weight is 165 g/mol. The third kappa shape index (κ3) is 1.87. The summed E-state index contributed by atoms with van der Waals surface area (Å²) in [6.07, 6.45) is 3.84. The standard InChI is InChI=1S/C9H15N3/c1-5-7(2)10-9-6-12(4)11-8(9)3/h5-7,10H,1H2,2-4H3. The molecule has 1 aromatic heterocycles. The van der Waals surface area contributed by atoms with Crippen molar-refractivity contribution in [1.82, 2.24) is 9.78 Å². The van der Waals surface area contributed by atoms with Crippen molar-refractivity contribution in [2.75, 3.05) is 5.32 Å². The minimum atomic E-state index is 0.285. The zero-order chi connectivity index (χ0) is 9.14. The van der Waals surface area contributed by atoms with E-state index in [1.165, 1.54) is 0 Å². The summed E-state index contributed by atoms with van der Waals surface area (Å²) in [7, 11) is 1.91. The molecular weight excluding hydrogens is 150 g/mol. The van der Waals surface area contributed by atoms with E-state index >= 15 is 0 Å². The van der Waals surface area contributed by atoms with Gasteiger partial charge in [0.15, 0.2) is 0 Å². The lowest BCUT2D eigenvalue weighted by molar-refractivity contribution is 0.756. The molecule has 12 heavy (non-hydrogen) atoms. The maximum Gasteiger partial charge on any atom is 0.0825 e. The molecule has 0 aliphatic carbocycles. The summed E-state index contributed by atoms with van der Waals surface area (Å²) in [5.74, 6) is 0. The fraction of sp³-hybridized carbons (Fsp3) is 0.444. The molecule has 0 aliphatic rings. The van der Waals surface area contributed by atoms with E-state index in [1.54, 1.807) is 4.68 Å². The largest absolute Gasteiger partial charge is 0.376 e. The Balaban J connectivity index is 2.74. The van der Waals surface area contributed by atoms with Gasteiger partial charge in [-0.3, -0.25) is 4.68 Å². The molecule has 0 saturated heterocycles. The van der Waals surface area contributed by atoms with Crippen LogP contribution in [0, 0.1) is 6.92 Å². The van der Waals surface area contributed by atoms with Gasteiger partial charge in [-0.25, -0.2) is 0 Å². The first-order valence-corrected chi connectivity index (χ1v) is 4.03. The van der Waals surface area contributed by atoms with Crippen LogP contribution in [0.25, 0.3) is 0 Å². The number of nitrogens with zero attached hydrogens (tertiary/aromatic N) is 2. The van der Waals surface area contributed by atoms with Crippen LogP contribution in [0.4, 0.5) is 5.69 Å².